The molecule has 2 N–H and O–H groups in total. The van der Waals surface area contributed by atoms with Crippen molar-refractivity contribution in [2.45, 2.75) is 56.6 Å². The maximum absolute atomic E-state index is 13.3. The molecule has 2 aromatic heterocycles. The van der Waals surface area contributed by atoms with E-state index in [2.05, 4.69) is 35.7 Å². The highest BCUT2D eigenvalue weighted by Crippen LogP contribution is 2.45. The van der Waals surface area contributed by atoms with Gasteiger partial charge in [-0.3, -0.25) is 4.79 Å². The van der Waals surface area contributed by atoms with Crippen molar-refractivity contribution in [2.75, 3.05) is 6.61 Å². The first-order chi connectivity index (χ1) is 17.1. The Balaban J connectivity index is 1.76. The van der Waals surface area contributed by atoms with Crippen molar-refractivity contribution in [2.24, 2.45) is 0 Å². The van der Waals surface area contributed by atoms with Gasteiger partial charge in [0.15, 0.2) is 11.6 Å². The molecule has 0 aliphatic carbocycles. The van der Waals surface area contributed by atoms with Crippen molar-refractivity contribution in [1.29, 1.82) is 0 Å². The number of carbonyl (C=O) groups is 1. The van der Waals surface area contributed by atoms with Gasteiger partial charge in [-0.2, -0.15) is 0 Å². The van der Waals surface area contributed by atoms with Gasteiger partial charge in [-0.1, -0.05) is 45.0 Å². The Morgan fingerprint density at radius 1 is 1.14 bits per heavy atom. The Kier molecular flexibility index (Phi) is 7.36. The first-order valence-electron chi connectivity index (χ1n) is 11.8. The quantitative estimate of drug-likeness (QED) is 0.218. The summed E-state index contributed by atoms with van der Waals surface area (Å²) in [5.41, 5.74) is 4.11. The monoisotopic (exact) mass is 507 g/mol. The summed E-state index contributed by atoms with van der Waals surface area (Å²) >= 11 is 1.66. The first-order valence-corrected chi connectivity index (χ1v) is 12.7. The number of rotatable bonds is 7. The number of phenolic OH excluding ortho intramolecular Hbond substituents is 1. The lowest BCUT2D eigenvalue weighted by Crippen LogP contribution is -2.20. The maximum Gasteiger partial charge on any atom is 0.315 e. The molecule has 0 aliphatic heterocycles. The zero-order valence-corrected chi connectivity index (χ0v) is 21.9. The summed E-state index contributed by atoms with van der Waals surface area (Å²) in [7, 11) is 0. The number of fused-ring (bicyclic) bond motifs is 1. The standard InChI is InChI=1S/C28H30FN3O3S/c1-6-35-27(34)20(13-17-7-9-18(10-8-17)26-30-14-19(29)15-31-26)24-25(36-28(3,4)5)23-16(2)22(33)12-11-21(23)32-24/h7-12,14-15,20,32-33H,6,13H2,1-5H3. The number of ether oxygens (including phenoxy) is 1. The Hall–Kier alpha value is -3.39. The minimum atomic E-state index is -0.573. The number of hydrogen-bond donors (Lipinski definition) is 2. The van der Waals surface area contributed by atoms with Crippen LogP contribution in [0.3, 0.4) is 0 Å². The molecule has 2 heterocycles. The van der Waals surface area contributed by atoms with Crippen LogP contribution in [0, 0.1) is 12.7 Å². The van der Waals surface area contributed by atoms with E-state index in [1.807, 2.05) is 37.3 Å². The van der Waals surface area contributed by atoms with E-state index in [4.69, 9.17) is 4.74 Å². The van der Waals surface area contributed by atoms with E-state index in [1.54, 1.807) is 24.8 Å². The van der Waals surface area contributed by atoms with Crippen molar-refractivity contribution in [3.63, 3.8) is 0 Å². The molecule has 0 radical (unpaired) electrons. The van der Waals surface area contributed by atoms with E-state index in [0.29, 0.717) is 12.2 Å². The zero-order valence-electron chi connectivity index (χ0n) is 21.1. The molecule has 8 heteroatoms. The molecule has 0 amide bonds. The van der Waals surface area contributed by atoms with Gasteiger partial charge in [0.25, 0.3) is 0 Å². The highest BCUT2D eigenvalue weighted by Gasteiger charge is 2.31. The van der Waals surface area contributed by atoms with Crippen molar-refractivity contribution in [3.8, 4) is 17.1 Å². The van der Waals surface area contributed by atoms with Crippen molar-refractivity contribution in [3.05, 3.63) is 71.4 Å². The number of H-pyrrole nitrogens is 1. The molecular weight excluding hydrogens is 477 g/mol. The van der Waals surface area contributed by atoms with Crippen LogP contribution in [0.25, 0.3) is 22.3 Å². The fraction of sp³-hybridized carbons (Fsp3) is 0.321. The van der Waals surface area contributed by atoms with Crippen LogP contribution in [0.4, 0.5) is 4.39 Å². The molecule has 0 fully saturated rings. The van der Waals surface area contributed by atoms with Crippen molar-refractivity contribution in [1.82, 2.24) is 15.0 Å². The van der Waals surface area contributed by atoms with Gasteiger partial charge in [-0.15, -0.1) is 11.8 Å². The molecule has 0 saturated heterocycles. The Morgan fingerprint density at radius 3 is 2.42 bits per heavy atom. The number of aromatic nitrogens is 3. The van der Waals surface area contributed by atoms with E-state index in [-0.39, 0.29) is 23.1 Å². The summed E-state index contributed by atoms with van der Waals surface area (Å²) in [4.78, 5) is 25.7. The number of aryl methyl sites for hydroxylation is 1. The zero-order chi connectivity index (χ0) is 26.0. The van der Waals surface area contributed by atoms with Crippen LogP contribution in [0.5, 0.6) is 5.75 Å². The summed E-state index contributed by atoms with van der Waals surface area (Å²) in [5, 5.41) is 11.3. The van der Waals surface area contributed by atoms with Crippen LogP contribution in [0.15, 0.2) is 53.7 Å². The van der Waals surface area contributed by atoms with Gasteiger partial charge in [0.05, 0.1) is 19.0 Å². The lowest BCUT2D eigenvalue weighted by Gasteiger charge is -2.22. The average molecular weight is 508 g/mol. The minimum Gasteiger partial charge on any atom is -0.508 e. The second-order valence-electron chi connectivity index (χ2n) is 9.65. The number of benzene rings is 2. The van der Waals surface area contributed by atoms with E-state index in [0.717, 1.165) is 50.6 Å². The van der Waals surface area contributed by atoms with Gasteiger partial charge < -0.3 is 14.8 Å². The molecule has 0 saturated carbocycles. The van der Waals surface area contributed by atoms with E-state index in [1.165, 1.54) is 0 Å². The van der Waals surface area contributed by atoms with Crippen LogP contribution < -0.4 is 0 Å². The molecule has 1 unspecified atom stereocenters. The molecule has 4 rings (SSSR count). The average Bonchev–Trinajstić information content (AvgIpc) is 3.18. The summed E-state index contributed by atoms with van der Waals surface area (Å²) < 4.78 is 18.6. The molecule has 6 nitrogen and oxygen atoms in total. The predicted molar refractivity (Wildman–Crippen MR) is 141 cm³/mol. The largest absolute Gasteiger partial charge is 0.508 e. The molecular formula is C28H30FN3O3S. The SMILES string of the molecule is CCOC(=O)C(Cc1ccc(-c2ncc(F)cn2)cc1)c1[nH]c2ccc(O)c(C)c2c1SC(C)(C)C. The van der Waals surface area contributed by atoms with Crippen LogP contribution >= 0.6 is 11.8 Å². The normalized spacial score (nSPS) is 12.6. The maximum atomic E-state index is 13.3. The predicted octanol–water partition coefficient (Wildman–Crippen LogP) is 6.56. The van der Waals surface area contributed by atoms with Gasteiger partial charge in [0, 0.05) is 37.4 Å². The van der Waals surface area contributed by atoms with Gasteiger partial charge in [-0.25, -0.2) is 14.4 Å². The van der Waals surface area contributed by atoms with E-state index in [9.17, 15) is 14.3 Å². The van der Waals surface area contributed by atoms with Gasteiger partial charge in [0.2, 0.25) is 0 Å². The number of aromatic hydroxyl groups is 1. The second-order valence-corrected chi connectivity index (χ2v) is 11.5. The number of esters is 1. The van der Waals surface area contributed by atoms with Crippen LogP contribution in [0.2, 0.25) is 0 Å². The molecule has 0 spiro atoms. The molecule has 188 valence electrons. The fourth-order valence-corrected chi connectivity index (χ4v) is 5.41. The van der Waals surface area contributed by atoms with Crippen LogP contribution in [-0.2, 0) is 16.0 Å². The number of aromatic amines is 1. The number of thioether (sulfide) groups is 1. The van der Waals surface area contributed by atoms with Gasteiger partial charge in [0.1, 0.15) is 11.7 Å². The van der Waals surface area contributed by atoms with Crippen LogP contribution in [0.1, 0.15) is 50.4 Å². The number of nitrogens with one attached hydrogen (secondary N) is 1. The summed E-state index contributed by atoms with van der Waals surface area (Å²) in [6.07, 6.45) is 2.69. The van der Waals surface area contributed by atoms with E-state index >= 15 is 0 Å². The highest BCUT2D eigenvalue weighted by atomic mass is 32.2. The lowest BCUT2D eigenvalue weighted by molar-refractivity contribution is -0.145. The van der Waals surface area contributed by atoms with Crippen LogP contribution in [-0.4, -0.2) is 37.4 Å². The second kappa shape index (κ2) is 10.3. The number of phenols is 1. The number of carbonyl (C=O) groups excluding carboxylic acids is 1. The number of hydrogen-bond acceptors (Lipinski definition) is 6. The third-order valence-electron chi connectivity index (χ3n) is 5.78. The molecule has 2 aromatic carbocycles. The van der Waals surface area contributed by atoms with E-state index < -0.39 is 11.7 Å². The summed E-state index contributed by atoms with van der Waals surface area (Å²) in [6, 6.07) is 11.1. The Labute approximate surface area is 214 Å². The smallest absolute Gasteiger partial charge is 0.315 e. The van der Waals surface area contributed by atoms with Gasteiger partial charge in [-0.05, 0) is 38.0 Å². The number of halogens is 1. The first kappa shape index (κ1) is 25.7. The molecule has 4 aromatic rings. The molecule has 0 aliphatic rings. The number of nitrogens with zero attached hydrogens (tertiary/aromatic N) is 2. The third-order valence-corrected chi connectivity index (χ3v) is 7.02. The summed E-state index contributed by atoms with van der Waals surface area (Å²) in [5.74, 6) is -0.725. The Bertz CT molecular complexity index is 1380. The van der Waals surface area contributed by atoms with Gasteiger partial charge >= 0.3 is 5.97 Å². The lowest BCUT2D eigenvalue weighted by atomic mass is 9.95. The topological polar surface area (TPSA) is 88.1 Å². The molecule has 1 atom stereocenters. The third kappa shape index (κ3) is 5.54. The molecule has 0 bridgehead atoms. The Morgan fingerprint density at radius 2 is 1.81 bits per heavy atom. The fourth-order valence-electron chi connectivity index (χ4n) is 4.12. The van der Waals surface area contributed by atoms with Crippen molar-refractivity contribution < 1.29 is 19.0 Å². The minimum absolute atomic E-state index is 0.127. The molecule has 36 heavy (non-hydrogen) atoms. The summed E-state index contributed by atoms with van der Waals surface area (Å²) in [6.45, 7) is 10.3. The highest BCUT2D eigenvalue weighted by molar-refractivity contribution is 8.00. The van der Waals surface area contributed by atoms with Crippen molar-refractivity contribution >= 4 is 28.6 Å².